The van der Waals surface area contributed by atoms with Gasteiger partial charge in [0.05, 0.1) is 12.8 Å². The molecule has 0 atom stereocenters. The third-order valence-electron chi connectivity index (χ3n) is 2.74. The van der Waals surface area contributed by atoms with Crippen molar-refractivity contribution >= 4 is 5.69 Å². The summed E-state index contributed by atoms with van der Waals surface area (Å²) in [6, 6.07) is 11.9. The van der Waals surface area contributed by atoms with Crippen molar-refractivity contribution in [3.05, 3.63) is 53.9 Å². The van der Waals surface area contributed by atoms with Gasteiger partial charge < -0.3 is 10.5 Å². The number of nitrogen functional groups attached to an aromatic ring is 1. The first-order valence-corrected chi connectivity index (χ1v) is 6.14. The number of hydrogen-bond donors (Lipinski definition) is 1. The molecule has 0 bridgehead atoms. The standard InChI is InChI=1S/C15H18N2O/c1-12-4-9-15(11-17-12)18-10-2-3-13-5-7-14(16)8-6-13/h4-9,11H,2-3,10,16H2,1H3. The number of pyridine rings is 1. The number of anilines is 1. The number of nitrogens with two attached hydrogens (primary N) is 1. The van der Waals surface area contributed by atoms with Crippen molar-refractivity contribution in [2.75, 3.05) is 12.3 Å². The van der Waals surface area contributed by atoms with Crippen molar-refractivity contribution in [2.24, 2.45) is 0 Å². The zero-order chi connectivity index (χ0) is 12.8. The van der Waals surface area contributed by atoms with Gasteiger partial charge in [-0.1, -0.05) is 12.1 Å². The molecule has 0 amide bonds. The molecule has 0 radical (unpaired) electrons. The van der Waals surface area contributed by atoms with E-state index >= 15 is 0 Å². The van der Waals surface area contributed by atoms with Crippen LogP contribution in [0.4, 0.5) is 5.69 Å². The normalized spacial score (nSPS) is 10.3. The second kappa shape index (κ2) is 6.05. The fourth-order valence-corrected chi connectivity index (χ4v) is 1.69. The minimum atomic E-state index is 0.703. The highest BCUT2D eigenvalue weighted by molar-refractivity contribution is 5.39. The largest absolute Gasteiger partial charge is 0.492 e. The van der Waals surface area contributed by atoms with E-state index in [1.807, 2.05) is 31.2 Å². The highest BCUT2D eigenvalue weighted by Gasteiger charge is 1.96. The lowest BCUT2D eigenvalue weighted by Crippen LogP contribution is -2.00. The number of ether oxygens (including phenoxy) is 1. The van der Waals surface area contributed by atoms with Crippen molar-refractivity contribution in [3.63, 3.8) is 0 Å². The second-order valence-electron chi connectivity index (χ2n) is 4.33. The van der Waals surface area contributed by atoms with Gasteiger partial charge in [-0.15, -0.1) is 0 Å². The van der Waals surface area contributed by atoms with Gasteiger partial charge in [-0.3, -0.25) is 4.98 Å². The average molecular weight is 242 g/mol. The van der Waals surface area contributed by atoms with E-state index in [-0.39, 0.29) is 0 Å². The Morgan fingerprint density at radius 3 is 2.56 bits per heavy atom. The molecule has 1 aromatic heterocycles. The third kappa shape index (κ3) is 3.77. The van der Waals surface area contributed by atoms with Crippen LogP contribution in [0.15, 0.2) is 42.6 Å². The Morgan fingerprint density at radius 1 is 1.11 bits per heavy atom. The zero-order valence-electron chi connectivity index (χ0n) is 10.6. The minimum Gasteiger partial charge on any atom is -0.492 e. The fourth-order valence-electron chi connectivity index (χ4n) is 1.69. The van der Waals surface area contributed by atoms with E-state index in [4.69, 9.17) is 10.5 Å². The van der Waals surface area contributed by atoms with Crippen LogP contribution in [0.25, 0.3) is 0 Å². The number of benzene rings is 1. The first kappa shape index (κ1) is 12.4. The molecule has 2 aromatic rings. The molecule has 18 heavy (non-hydrogen) atoms. The Bertz CT molecular complexity index is 429. The molecule has 3 heteroatoms. The summed E-state index contributed by atoms with van der Waals surface area (Å²) < 4.78 is 5.62. The summed E-state index contributed by atoms with van der Waals surface area (Å²) in [4.78, 5) is 4.19. The first-order valence-electron chi connectivity index (χ1n) is 6.14. The lowest BCUT2D eigenvalue weighted by Gasteiger charge is -2.06. The molecule has 0 fully saturated rings. The average Bonchev–Trinajstić information content (AvgIpc) is 2.39. The maximum atomic E-state index is 5.64. The van der Waals surface area contributed by atoms with E-state index in [2.05, 4.69) is 17.1 Å². The highest BCUT2D eigenvalue weighted by Crippen LogP contribution is 2.11. The Balaban J connectivity index is 1.73. The lowest BCUT2D eigenvalue weighted by molar-refractivity contribution is 0.309. The van der Waals surface area contributed by atoms with Gasteiger partial charge in [0, 0.05) is 11.4 Å². The van der Waals surface area contributed by atoms with Crippen LogP contribution in [0.2, 0.25) is 0 Å². The maximum absolute atomic E-state index is 5.64. The van der Waals surface area contributed by atoms with E-state index in [9.17, 15) is 0 Å². The van der Waals surface area contributed by atoms with Gasteiger partial charge in [-0.05, 0) is 49.6 Å². The summed E-state index contributed by atoms with van der Waals surface area (Å²) in [5.74, 6) is 0.831. The molecular weight excluding hydrogens is 224 g/mol. The van der Waals surface area contributed by atoms with Gasteiger partial charge in [0.2, 0.25) is 0 Å². The topological polar surface area (TPSA) is 48.1 Å². The summed E-state index contributed by atoms with van der Waals surface area (Å²) in [6.07, 6.45) is 3.75. The molecule has 0 unspecified atom stereocenters. The molecule has 1 heterocycles. The molecule has 3 nitrogen and oxygen atoms in total. The maximum Gasteiger partial charge on any atom is 0.137 e. The smallest absolute Gasteiger partial charge is 0.137 e. The Kier molecular flexibility index (Phi) is 4.18. The second-order valence-corrected chi connectivity index (χ2v) is 4.33. The van der Waals surface area contributed by atoms with E-state index < -0.39 is 0 Å². The van der Waals surface area contributed by atoms with Gasteiger partial charge in [0.25, 0.3) is 0 Å². The SMILES string of the molecule is Cc1ccc(OCCCc2ccc(N)cc2)cn1. The molecule has 0 saturated heterocycles. The fraction of sp³-hybridized carbons (Fsp3) is 0.267. The molecule has 94 valence electrons. The van der Waals surface area contributed by atoms with Crippen molar-refractivity contribution in [2.45, 2.75) is 19.8 Å². The molecule has 0 aliphatic carbocycles. The van der Waals surface area contributed by atoms with E-state index in [1.54, 1.807) is 6.20 Å². The van der Waals surface area contributed by atoms with Gasteiger partial charge >= 0.3 is 0 Å². The highest BCUT2D eigenvalue weighted by atomic mass is 16.5. The molecule has 2 N–H and O–H groups in total. The molecule has 0 aliphatic heterocycles. The third-order valence-corrected chi connectivity index (χ3v) is 2.74. The van der Waals surface area contributed by atoms with Gasteiger partial charge in [0.15, 0.2) is 0 Å². The van der Waals surface area contributed by atoms with Gasteiger partial charge in [0.1, 0.15) is 5.75 Å². The van der Waals surface area contributed by atoms with Crippen LogP contribution in [0.5, 0.6) is 5.75 Å². The zero-order valence-corrected chi connectivity index (χ0v) is 10.6. The molecule has 2 rings (SSSR count). The Labute approximate surface area is 108 Å². The van der Waals surface area contributed by atoms with Crippen LogP contribution in [0.3, 0.4) is 0 Å². The molecule has 0 aliphatic rings. The van der Waals surface area contributed by atoms with Crippen LogP contribution in [-0.4, -0.2) is 11.6 Å². The monoisotopic (exact) mass is 242 g/mol. The van der Waals surface area contributed by atoms with Crippen LogP contribution in [-0.2, 0) is 6.42 Å². The van der Waals surface area contributed by atoms with E-state index in [0.717, 1.165) is 30.0 Å². The number of hydrogen-bond acceptors (Lipinski definition) is 3. The van der Waals surface area contributed by atoms with Crippen LogP contribution in [0.1, 0.15) is 17.7 Å². The quantitative estimate of drug-likeness (QED) is 0.647. The van der Waals surface area contributed by atoms with E-state index in [1.165, 1.54) is 5.56 Å². The number of rotatable bonds is 5. The summed E-state index contributed by atoms with van der Waals surface area (Å²) in [7, 11) is 0. The summed E-state index contributed by atoms with van der Waals surface area (Å²) >= 11 is 0. The number of aromatic nitrogens is 1. The number of aryl methyl sites for hydroxylation is 2. The summed E-state index contributed by atoms with van der Waals surface area (Å²) in [5.41, 5.74) is 8.74. The van der Waals surface area contributed by atoms with Crippen molar-refractivity contribution < 1.29 is 4.74 Å². The Hall–Kier alpha value is -2.03. The molecular formula is C15H18N2O. The predicted octanol–water partition coefficient (Wildman–Crippen LogP) is 2.98. The summed E-state index contributed by atoms with van der Waals surface area (Å²) in [5, 5.41) is 0. The molecule has 0 saturated carbocycles. The van der Waals surface area contributed by atoms with Gasteiger partial charge in [-0.25, -0.2) is 0 Å². The molecule has 0 spiro atoms. The Morgan fingerprint density at radius 2 is 1.89 bits per heavy atom. The first-order chi connectivity index (χ1) is 8.74. The van der Waals surface area contributed by atoms with Crippen LogP contribution < -0.4 is 10.5 Å². The van der Waals surface area contributed by atoms with Crippen molar-refractivity contribution in [1.82, 2.24) is 4.98 Å². The van der Waals surface area contributed by atoms with Crippen LogP contribution in [0, 0.1) is 6.92 Å². The van der Waals surface area contributed by atoms with Crippen molar-refractivity contribution in [3.8, 4) is 5.75 Å². The van der Waals surface area contributed by atoms with Crippen molar-refractivity contribution in [1.29, 1.82) is 0 Å². The van der Waals surface area contributed by atoms with Gasteiger partial charge in [-0.2, -0.15) is 0 Å². The summed E-state index contributed by atoms with van der Waals surface area (Å²) in [6.45, 7) is 2.67. The predicted molar refractivity (Wildman–Crippen MR) is 73.6 cm³/mol. The van der Waals surface area contributed by atoms with Crippen LogP contribution >= 0.6 is 0 Å². The van der Waals surface area contributed by atoms with E-state index in [0.29, 0.717) is 6.61 Å². The minimum absolute atomic E-state index is 0.703. The lowest BCUT2D eigenvalue weighted by atomic mass is 10.1. The number of nitrogens with zero attached hydrogens (tertiary/aromatic N) is 1. The molecule has 1 aromatic carbocycles.